The first-order valence-electron chi connectivity index (χ1n) is 12.1. The van der Waals surface area contributed by atoms with Gasteiger partial charge in [-0.1, -0.05) is 48.5 Å². The Morgan fingerprint density at radius 1 is 0.895 bits per heavy atom. The Kier molecular flexibility index (Phi) is 9.72. The molecule has 2 amide bonds. The van der Waals surface area contributed by atoms with Crippen LogP contribution in [0.25, 0.3) is 0 Å². The smallest absolute Gasteiger partial charge is 0.264 e. The third-order valence-electron chi connectivity index (χ3n) is 6.16. The molecule has 0 aromatic heterocycles. The van der Waals surface area contributed by atoms with E-state index in [1.165, 1.54) is 44.4 Å². The van der Waals surface area contributed by atoms with Crippen LogP contribution in [0.2, 0.25) is 0 Å². The van der Waals surface area contributed by atoms with Crippen LogP contribution in [-0.2, 0) is 26.0 Å². The van der Waals surface area contributed by atoms with E-state index < -0.39 is 28.5 Å². The first-order valence-corrected chi connectivity index (χ1v) is 13.5. The van der Waals surface area contributed by atoms with Gasteiger partial charge in [0.2, 0.25) is 11.8 Å². The molecule has 0 aliphatic heterocycles. The number of anilines is 1. The van der Waals surface area contributed by atoms with Gasteiger partial charge < -0.3 is 19.7 Å². The Morgan fingerprint density at radius 2 is 1.50 bits per heavy atom. The summed E-state index contributed by atoms with van der Waals surface area (Å²) in [6.45, 7) is 1.32. The molecule has 0 aliphatic rings. The Bertz CT molecular complexity index is 1330. The van der Waals surface area contributed by atoms with Gasteiger partial charge in [0.05, 0.1) is 24.8 Å². The van der Waals surface area contributed by atoms with Gasteiger partial charge in [0.25, 0.3) is 10.0 Å². The Hall–Kier alpha value is -4.05. The van der Waals surface area contributed by atoms with Crippen molar-refractivity contribution in [1.29, 1.82) is 0 Å². The van der Waals surface area contributed by atoms with Crippen molar-refractivity contribution in [3.8, 4) is 11.5 Å². The van der Waals surface area contributed by atoms with E-state index >= 15 is 0 Å². The number of hydrogen-bond acceptors (Lipinski definition) is 6. The number of carbonyl (C=O) groups excluding carboxylic acids is 2. The topological polar surface area (TPSA) is 105 Å². The average molecular weight is 540 g/mol. The van der Waals surface area contributed by atoms with Crippen LogP contribution in [-0.4, -0.2) is 65.5 Å². The van der Waals surface area contributed by atoms with E-state index in [1.807, 2.05) is 30.3 Å². The third kappa shape index (κ3) is 6.63. The molecule has 3 aromatic carbocycles. The normalized spacial score (nSPS) is 11.8. The zero-order valence-electron chi connectivity index (χ0n) is 22.0. The molecule has 0 fully saturated rings. The number of nitrogens with one attached hydrogen (secondary N) is 1. The second-order valence-corrected chi connectivity index (χ2v) is 10.3. The molecule has 3 rings (SSSR count). The minimum Gasteiger partial charge on any atom is -0.493 e. The van der Waals surface area contributed by atoms with Gasteiger partial charge in [0, 0.05) is 19.7 Å². The largest absolute Gasteiger partial charge is 0.493 e. The van der Waals surface area contributed by atoms with Gasteiger partial charge in [-0.05, 0) is 43.2 Å². The number of benzene rings is 3. The molecule has 1 unspecified atom stereocenters. The zero-order valence-corrected chi connectivity index (χ0v) is 22.8. The van der Waals surface area contributed by atoms with Gasteiger partial charge in [0.1, 0.15) is 12.6 Å². The molecule has 0 heterocycles. The van der Waals surface area contributed by atoms with Crippen molar-refractivity contribution in [3.05, 3.63) is 84.4 Å². The molecule has 0 radical (unpaired) electrons. The lowest BCUT2D eigenvalue weighted by Crippen LogP contribution is -2.51. The van der Waals surface area contributed by atoms with Gasteiger partial charge >= 0.3 is 0 Å². The molecule has 0 bridgehead atoms. The van der Waals surface area contributed by atoms with E-state index in [2.05, 4.69) is 5.32 Å². The number of methoxy groups -OCH3 is 2. The molecular weight excluding hydrogens is 506 g/mol. The second kappa shape index (κ2) is 13.0. The minimum atomic E-state index is -4.16. The molecule has 3 aromatic rings. The van der Waals surface area contributed by atoms with Crippen molar-refractivity contribution in [3.63, 3.8) is 0 Å². The highest BCUT2D eigenvalue weighted by atomic mass is 32.2. The summed E-state index contributed by atoms with van der Waals surface area (Å²) in [5, 5.41) is 2.57. The monoisotopic (exact) mass is 539 g/mol. The average Bonchev–Trinajstić information content (AvgIpc) is 2.95. The lowest BCUT2D eigenvalue weighted by molar-refractivity contribution is -0.138. The highest BCUT2D eigenvalue weighted by Crippen LogP contribution is 2.34. The zero-order chi connectivity index (χ0) is 27.7. The minimum absolute atomic E-state index is 0.0257. The third-order valence-corrected chi connectivity index (χ3v) is 7.95. The van der Waals surface area contributed by atoms with Crippen LogP contribution in [0.5, 0.6) is 11.5 Å². The standard InChI is InChI=1S/C28H33N3O6S/c1-21(28(33)29-2)30(18-17-22-11-7-5-8-12-22)27(32)20-31(38(34,35)24-13-9-6-10-14-24)23-15-16-25(36-3)26(19-23)37-4/h5-16,19,21H,17-18,20H2,1-4H3,(H,29,33). The summed E-state index contributed by atoms with van der Waals surface area (Å²) in [5.74, 6) is -0.149. The summed E-state index contributed by atoms with van der Waals surface area (Å²) in [4.78, 5) is 27.7. The summed E-state index contributed by atoms with van der Waals surface area (Å²) >= 11 is 0. The molecule has 202 valence electrons. The van der Waals surface area contributed by atoms with Crippen LogP contribution < -0.4 is 19.1 Å². The predicted molar refractivity (Wildman–Crippen MR) is 146 cm³/mol. The van der Waals surface area contributed by atoms with Crippen molar-refractivity contribution in [1.82, 2.24) is 10.2 Å². The van der Waals surface area contributed by atoms with Gasteiger partial charge in [-0.15, -0.1) is 0 Å². The van der Waals surface area contributed by atoms with Crippen LogP contribution in [0.4, 0.5) is 5.69 Å². The van der Waals surface area contributed by atoms with Crippen LogP contribution in [0, 0.1) is 0 Å². The lowest BCUT2D eigenvalue weighted by atomic mass is 10.1. The summed E-state index contributed by atoms with van der Waals surface area (Å²) in [7, 11) is 0.258. The maximum absolute atomic E-state index is 13.8. The Morgan fingerprint density at radius 3 is 2.08 bits per heavy atom. The summed E-state index contributed by atoms with van der Waals surface area (Å²) in [5.41, 5.74) is 1.21. The number of nitrogens with zero attached hydrogens (tertiary/aromatic N) is 2. The van der Waals surface area contributed by atoms with Crippen molar-refractivity contribution in [2.45, 2.75) is 24.3 Å². The van der Waals surface area contributed by atoms with Crippen LogP contribution >= 0.6 is 0 Å². The van der Waals surface area contributed by atoms with E-state index in [4.69, 9.17) is 9.47 Å². The highest BCUT2D eigenvalue weighted by molar-refractivity contribution is 7.92. The van der Waals surface area contributed by atoms with E-state index in [9.17, 15) is 18.0 Å². The molecule has 0 spiro atoms. The van der Waals surface area contributed by atoms with Gasteiger partial charge in [0.15, 0.2) is 11.5 Å². The molecule has 9 nitrogen and oxygen atoms in total. The number of hydrogen-bond donors (Lipinski definition) is 1. The number of carbonyl (C=O) groups is 2. The summed E-state index contributed by atoms with van der Waals surface area (Å²) < 4.78 is 39.3. The number of ether oxygens (including phenoxy) is 2. The van der Waals surface area contributed by atoms with Gasteiger partial charge in [-0.3, -0.25) is 13.9 Å². The Balaban J connectivity index is 2.02. The Labute approximate surface area is 224 Å². The molecule has 0 saturated carbocycles. The van der Waals surface area contributed by atoms with E-state index in [-0.39, 0.29) is 23.0 Å². The van der Waals surface area contributed by atoms with Gasteiger partial charge in [-0.25, -0.2) is 8.42 Å². The molecule has 0 aliphatic carbocycles. The fourth-order valence-electron chi connectivity index (χ4n) is 4.01. The number of amides is 2. The van der Waals surface area contributed by atoms with E-state index in [0.717, 1.165) is 9.87 Å². The first-order chi connectivity index (χ1) is 18.2. The molecule has 1 N–H and O–H groups in total. The summed E-state index contributed by atoms with van der Waals surface area (Å²) in [6, 6.07) is 21.2. The van der Waals surface area contributed by atoms with Crippen molar-refractivity contribution >= 4 is 27.5 Å². The molecule has 10 heteroatoms. The highest BCUT2D eigenvalue weighted by Gasteiger charge is 2.32. The molecular formula is C28H33N3O6S. The van der Waals surface area contributed by atoms with Crippen LogP contribution in [0.3, 0.4) is 0 Å². The van der Waals surface area contributed by atoms with Crippen molar-refractivity contribution in [2.24, 2.45) is 0 Å². The second-order valence-electron chi connectivity index (χ2n) is 8.48. The van der Waals surface area contributed by atoms with Crippen molar-refractivity contribution in [2.75, 3.05) is 38.7 Å². The van der Waals surface area contributed by atoms with Crippen LogP contribution in [0.15, 0.2) is 83.8 Å². The first kappa shape index (κ1) is 28.5. The quantitative estimate of drug-likeness (QED) is 0.379. The summed E-state index contributed by atoms with van der Waals surface area (Å²) in [6.07, 6.45) is 0.496. The number of likely N-dealkylation sites (N-methyl/N-ethyl adjacent to an activating group) is 1. The maximum Gasteiger partial charge on any atom is 0.264 e. The van der Waals surface area contributed by atoms with Crippen LogP contribution in [0.1, 0.15) is 12.5 Å². The predicted octanol–water partition coefficient (Wildman–Crippen LogP) is 3.10. The molecule has 38 heavy (non-hydrogen) atoms. The SMILES string of the molecule is CNC(=O)C(C)N(CCc1ccccc1)C(=O)CN(c1ccc(OC)c(OC)c1)S(=O)(=O)c1ccccc1. The number of rotatable bonds is 12. The van der Waals surface area contributed by atoms with Gasteiger partial charge in [-0.2, -0.15) is 0 Å². The fraction of sp³-hybridized carbons (Fsp3) is 0.286. The van der Waals surface area contributed by atoms with E-state index in [1.54, 1.807) is 37.3 Å². The van der Waals surface area contributed by atoms with E-state index in [0.29, 0.717) is 17.9 Å². The molecule has 1 atom stereocenters. The fourth-order valence-corrected chi connectivity index (χ4v) is 5.43. The maximum atomic E-state index is 13.8. The molecule has 0 saturated heterocycles. The lowest BCUT2D eigenvalue weighted by Gasteiger charge is -2.32. The number of sulfonamides is 1. The van der Waals surface area contributed by atoms with Crippen molar-refractivity contribution < 1.29 is 27.5 Å².